The van der Waals surface area contributed by atoms with E-state index in [1.54, 1.807) is 42.5 Å². The van der Waals surface area contributed by atoms with Crippen LogP contribution < -0.4 is 4.74 Å². The number of hydrogen-bond acceptors (Lipinski definition) is 5. The van der Waals surface area contributed by atoms with Crippen LogP contribution in [0.15, 0.2) is 54.8 Å². The molecule has 2 rings (SSSR count). The Morgan fingerprint density at radius 1 is 1.09 bits per heavy atom. The zero-order valence-corrected chi connectivity index (χ0v) is 12.3. The van der Waals surface area contributed by atoms with Gasteiger partial charge in [0.1, 0.15) is 22.8 Å². The lowest BCUT2D eigenvalue weighted by Crippen LogP contribution is -2.05. The van der Waals surface area contributed by atoms with E-state index in [-0.39, 0.29) is 11.3 Å². The molecule has 5 nitrogen and oxygen atoms in total. The molecule has 0 amide bonds. The summed E-state index contributed by atoms with van der Waals surface area (Å²) in [6.07, 6.45) is 1.30. The first-order valence-electron chi connectivity index (χ1n) is 6.53. The minimum absolute atomic E-state index is 0.0932. The molecule has 0 radical (unpaired) electrons. The van der Waals surface area contributed by atoms with Crippen molar-refractivity contribution in [3.05, 3.63) is 60.4 Å². The van der Waals surface area contributed by atoms with Gasteiger partial charge in [-0.3, -0.25) is 0 Å². The number of phenols is 1. The van der Waals surface area contributed by atoms with Crippen LogP contribution >= 0.6 is 0 Å². The van der Waals surface area contributed by atoms with Crippen molar-refractivity contribution in [3.63, 3.8) is 0 Å². The van der Waals surface area contributed by atoms with Gasteiger partial charge in [-0.15, -0.1) is 0 Å². The molecule has 0 heterocycles. The van der Waals surface area contributed by atoms with Gasteiger partial charge in [-0.1, -0.05) is 24.3 Å². The fraction of sp³-hybridized carbons (Fsp3) is 0.118. The smallest absolute Gasteiger partial charge is 0.341 e. The Balaban J connectivity index is 2.41. The number of ether oxygens (including phenoxy) is 3. The average molecular weight is 300 g/mol. The first-order valence-corrected chi connectivity index (χ1v) is 6.53. The highest BCUT2D eigenvalue weighted by Crippen LogP contribution is 2.32. The number of carbonyl (C=O) groups excluding carboxylic acids is 1. The third-order valence-corrected chi connectivity index (χ3v) is 2.86. The van der Waals surface area contributed by atoms with Crippen molar-refractivity contribution in [1.29, 1.82) is 0 Å². The van der Waals surface area contributed by atoms with Gasteiger partial charge < -0.3 is 19.3 Å². The van der Waals surface area contributed by atoms with Crippen molar-refractivity contribution in [2.45, 2.75) is 0 Å². The third-order valence-electron chi connectivity index (χ3n) is 2.86. The number of esters is 1. The summed E-state index contributed by atoms with van der Waals surface area (Å²) >= 11 is 0. The Morgan fingerprint density at radius 2 is 1.86 bits per heavy atom. The Hall–Kier alpha value is -2.95. The molecule has 0 unspecified atom stereocenters. The van der Waals surface area contributed by atoms with Gasteiger partial charge in [-0.2, -0.15) is 0 Å². The maximum atomic E-state index is 11.9. The second-order valence-electron chi connectivity index (χ2n) is 4.35. The maximum absolute atomic E-state index is 11.9. The van der Waals surface area contributed by atoms with Crippen LogP contribution in [-0.2, 0) is 14.3 Å². The SMILES string of the molecule is CO/C=C(\C(=O)OC)c1ccccc1Oc1cccc(O)c1. The molecule has 0 fully saturated rings. The van der Waals surface area contributed by atoms with E-state index in [0.29, 0.717) is 17.1 Å². The van der Waals surface area contributed by atoms with Crippen molar-refractivity contribution in [3.8, 4) is 17.2 Å². The van der Waals surface area contributed by atoms with Gasteiger partial charge >= 0.3 is 5.97 Å². The van der Waals surface area contributed by atoms with Crippen LogP contribution in [0.4, 0.5) is 0 Å². The molecular weight excluding hydrogens is 284 g/mol. The molecule has 0 aromatic heterocycles. The molecule has 1 N–H and O–H groups in total. The van der Waals surface area contributed by atoms with Crippen molar-refractivity contribution in [2.24, 2.45) is 0 Å². The minimum Gasteiger partial charge on any atom is -0.508 e. The van der Waals surface area contributed by atoms with Gasteiger partial charge in [0.2, 0.25) is 0 Å². The summed E-state index contributed by atoms with van der Waals surface area (Å²) in [4.78, 5) is 11.9. The summed E-state index contributed by atoms with van der Waals surface area (Å²) in [7, 11) is 2.74. The van der Waals surface area contributed by atoms with Crippen LogP contribution in [0.5, 0.6) is 17.2 Å². The van der Waals surface area contributed by atoms with Crippen LogP contribution in [0, 0.1) is 0 Å². The number of para-hydroxylation sites is 1. The first kappa shape index (κ1) is 15.4. The van der Waals surface area contributed by atoms with E-state index >= 15 is 0 Å². The van der Waals surface area contributed by atoms with E-state index in [1.165, 1.54) is 26.5 Å². The van der Waals surface area contributed by atoms with Crippen LogP contribution in [0.1, 0.15) is 5.56 Å². The van der Waals surface area contributed by atoms with Crippen molar-refractivity contribution >= 4 is 11.5 Å². The molecule has 22 heavy (non-hydrogen) atoms. The second kappa shape index (κ2) is 7.17. The number of benzene rings is 2. The largest absolute Gasteiger partial charge is 0.508 e. The number of hydrogen-bond donors (Lipinski definition) is 1. The lowest BCUT2D eigenvalue weighted by molar-refractivity contribution is -0.133. The molecule has 2 aromatic rings. The summed E-state index contributed by atoms with van der Waals surface area (Å²) in [5.74, 6) is 0.459. The highest BCUT2D eigenvalue weighted by Gasteiger charge is 2.18. The zero-order chi connectivity index (χ0) is 15.9. The second-order valence-corrected chi connectivity index (χ2v) is 4.35. The summed E-state index contributed by atoms with van der Waals surface area (Å²) in [6.45, 7) is 0. The quantitative estimate of drug-likeness (QED) is 0.521. The summed E-state index contributed by atoms with van der Waals surface area (Å²) in [5, 5.41) is 9.49. The Kier molecular flexibility index (Phi) is 5.03. The summed E-state index contributed by atoms with van der Waals surface area (Å²) in [6, 6.07) is 13.4. The molecule has 0 aliphatic heterocycles. The lowest BCUT2D eigenvalue weighted by atomic mass is 10.1. The van der Waals surface area contributed by atoms with E-state index in [2.05, 4.69) is 0 Å². The van der Waals surface area contributed by atoms with E-state index in [4.69, 9.17) is 14.2 Å². The topological polar surface area (TPSA) is 65.0 Å². The van der Waals surface area contributed by atoms with Crippen LogP contribution in [-0.4, -0.2) is 25.3 Å². The van der Waals surface area contributed by atoms with Crippen molar-refractivity contribution < 1.29 is 24.1 Å². The molecule has 0 atom stereocenters. The monoisotopic (exact) mass is 300 g/mol. The normalized spacial score (nSPS) is 10.9. The Bertz CT molecular complexity index is 691. The molecule has 0 aliphatic carbocycles. The number of rotatable bonds is 5. The summed E-state index contributed by atoms with van der Waals surface area (Å²) < 4.78 is 15.5. The van der Waals surface area contributed by atoms with Crippen molar-refractivity contribution in [1.82, 2.24) is 0 Å². The van der Waals surface area contributed by atoms with E-state index in [9.17, 15) is 9.90 Å². The van der Waals surface area contributed by atoms with Crippen LogP contribution in [0.2, 0.25) is 0 Å². The van der Waals surface area contributed by atoms with Gasteiger partial charge in [0.25, 0.3) is 0 Å². The third kappa shape index (κ3) is 3.58. The molecule has 0 bridgehead atoms. The van der Waals surface area contributed by atoms with Gasteiger partial charge in [-0.25, -0.2) is 4.79 Å². The number of phenolic OH excluding ortho intramolecular Hbond substituents is 1. The van der Waals surface area contributed by atoms with Gasteiger partial charge in [0, 0.05) is 11.6 Å². The molecule has 0 saturated carbocycles. The molecule has 2 aromatic carbocycles. The zero-order valence-electron chi connectivity index (χ0n) is 12.3. The van der Waals surface area contributed by atoms with Crippen molar-refractivity contribution in [2.75, 3.05) is 14.2 Å². The fourth-order valence-electron chi connectivity index (χ4n) is 1.90. The number of carbonyl (C=O) groups is 1. The first-order chi connectivity index (χ1) is 10.7. The molecule has 0 spiro atoms. The van der Waals surface area contributed by atoms with Crippen LogP contribution in [0.25, 0.3) is 5.57 Å². The predicted molar refractivity (Wildman–Crippen MR) is 81.6 cm³/mol. The van der Waals surface area contributed by atoms with Gasteiger partial charge in [0.15, 0.2) is 0 Å². The lowest BCUT2D eigenvalue weighted by Gasteiger charge is -2.12. The average Bonchev–Trinajstić information content (AvgIpc) is 2.53. The van der Waals surface area contributed by atoms with Crippen LogP contribution in [0.3, 0.4) is 0 Å². The predicted octanol–water partition coefficient (Wildman–Crippen LogP) is 3.34. The minimum atomic E-state index is -0.534. The van der Waals surface area contributed by atoms with E-state index < -0.39 is 5.97 Å². The fourth-order valence-corrected chi connectivity index (χ4v) is 1.90. The number of aromatic hydroxyl groups is 1. The Morgan fingerprint density at radius 3 is 2.55 bits per heavy atom. The molecule has 0 aliphatic rings. The van der Waals surface area contributed by atoms with Gasteiger partial charge in [0.05, 0.1) is 20.5 Å². The number of methoxy groups -OCH3 is 2. The molecular formula is C17H16O5. The molecule has 0 saturated heterocycles. The highest BCUT2D eigenvalue weighted by molar-refractivity contribution is 6.17. The van der Waals surface area contributed by atoms with E-state index in [0.717, 1.165) is 0 Å². The Labute approximate surface area is 128 Å². The standard InChI is InChI=1S/C17H16O5/c1-20-11-15(17(19)21-2)14-8-3-4-9-16(14)22-13-7-5-6-12(18)10-13/h3-11,18H,1-2H3/b15-11-. The maximum Gasteiger partial charge on any atom is 0.341 e. The summed E-state index contributed by atoms with van der Waals surface area (Å²) in [5.41, 5.74) is 0.764. The molecule has 5 heteroatoms. The van der Waals surface area contributed by atoms with Gasteiger partial charge in [-0.05, 0) is 18.2 Å². The molecule has 114 valence electrons. The highest BCUT2D eigenvalue weighted by atomic mass is 16.5. The van der Waals surface area contributed by atoms with E-state index in [1.807, 2.05) is 0 Å².